The Hall–Kier alpha value is -1.58. The van der Waals surface area contributed by atoms with Gasteiger partial charge in [-0.1, -0.05) is 23.7 Å². The molecule has 0 aliphatic rings. The summed E-state index contributed by atoms with van der Waals surface area (Å²) in [6, 6.07) is 13.9. The van der Waals surface area contributed by atoms with E-state index in [0.29, 0.717) is 0 Å². The topological polar surface area (TPSA) is 22.1 Å². The van der Waals surface area contributed by atoms with Gasteiger partial charge in [-0.05, 0) is 35.9 Å². The van der Waals surface area contributed by atoms with Crippen molar-refractivity contribution in [2.75, 3.05) is 7.11 Å². The number of fused-ring (bicyclic) bond motifs is 1. The Morgan fingerprint density at radius 2 is 1.95 bits per heavy atom. The zero-order valence-corrected chi connectivity index (χ0v) is 12.0. The highest BCUT2D eigenvalue weighted by Crippen LogP contribution is 2.27. The number of benzene rings is 2. The van der Waals surface area contributed by atoms with Crippen LogP contribution in [0, 0.1) is 0 Å². The molecule has 0 atom stereocenters. The highest BCUT2D eigenvalue weighted by atomic mass is 35.5. The van der Waals surface area contributed by atoms with Crippen molar-refractivity contribution < 1.29 is 4.74 Å². The van der Waals surface area contributed by atoms with Crippen molar-refractivity contribution >= 4 is 33.2 Å². The maximum Gasteiger partial charge on any atom is 0.120 e. The summed E-state index contributed by atoms with van der Waals surface area (Å²) in [6.45, 7) is 0. The van der Waals surface area contributed by atoms with Gasteiger partial charge in [0, 0.05) is 11.4 Å². The highest BCUT2D eigenvalue weighted by Gasteiger charge is 2.06. The third-order valence-corrected chi connectivity index (χ3v) is 4.18. The van der Waals surface area contributed by atoms with Gasteiger partial charge in [0.2, 0.25) is 0 Å². The molecule has 0 aliphatic heterocycles. The van der Waals surface area contributed by atoms with E-state index in [-0.39, 0.29) is 0 Å². The lowest BCUT2D eigenvalue weighted by atomic mass is 10.2. The van der Waals surface area contributed by atoms with E-state index in [4.69, 9.17) is 16.3 Å². The molecule has 0 saturated heterocycles. The van der Waals surface area contributed by atoms with Crippen molar-refractivity contribution in [3.63, 3.8) is 0 Å². The number of hydrogen-bond acceptors (Lipinski definition) is 3. The normalized spacial score (nSPS) is 10.8. The first-order chi connectivity index (χ1) is 9.24. The summed E-state index contributed by atoms with van der Waals surface area (Å²) in [6.07, 6.45) is 0.832. The number of methoxy groups -OCH3 is 1. The summed E-state index contributed by atoms with van der Waals surface area (Å²) < 4.78 is 6.38. The molecule has 0 fully saturated rings. The van der Waals surface area contributed by atoms with E-state index in [0.717, 1.165) is 32.4 Å². The van der Waals surface area contributed by atoms with Gasteiger partial charge in [-0.15, -0.1) is 11.3 Å². The summed E-state index contributed by atoms with van der Waals surface area (Å²) in [7, 11) is 1.68. The standard InChI is InChI=1S/C15H12ClNOS/c1-18-12-6-7-13-14(9-12)19-15(17-13)8-10-2-4-11(16)5-3-10/h2-7,9H,8H2,1H3. The molecule has 0 radical (unpaired) electrons. The molecule has 0 amide bonds. The molecular weight excluding hydrogens is 278 g/mol. The molecule has 0 aliphatic carbocycles. The molecule has 3 rings (SSSR count). The molecule has 3 aromatic rings. The number of halogens is 1. The number of thiazole rings is 1. The molecule has 2 aromatic carbocycles. The average molecular weight is 290 g/mol. The van der Waals surface area contributed by atoms with Gasteiger partial charge in [-0.2, -0.15) is 0 Å². The molecule has 0 N–H and O–H groups in total. The molecule has 19 heavy (non-hydrogen) atoms. The number of hydrogen-bond donors (Lipinski definition) is 0. The lowest BCUT2D eigenvalue weighted by Crippen LogP contribution is -1.85. The second kappa shape index (κ2) is 5.19. The maximum atomic E-state index is 5.89. The number of rotatable bonds is 3. The summed E-state index contributed by atoms with van der Waals surface area (Å²) in [4.78, 5) is 4.64. The van der Waals surface area contributed by atoms with Crippen LogP contribution in [0.4, 0.5) is 0 Å². The first-order valence-electron chi connectivity index (χ1n) is 5.92. The van der Waals surface area contributed by atoms with E-state index >= 15 is 0 Å². The molecule has 4 heteroatoms. The van der Waals surface area contributed by atoms with Crippen LogP contribution >= 0.6 is 22.9 Å². The second-order valence-electron chi connectivity index (χ2n) is 4.24. The minimum absolute atomic E-state index is 0.762. The van der Waals surface area contributed by atoms with Gasteiger partial charge in [0.25, 0.3) is 0 Å². The fourth-order valence-electron chi connectivity index (χ4n) is 1.93. The summed E-state index contributed by atoms with van der Waals surface area (Å²) >= 11 is 7.59. The van der Waals surface area contributed by atoms with E-state index < -0.39 is 0 Å². The van der Waals surface area contributed by atoms with Gasteiger partial charge in [0.05, 0.1) is 22.3 Å². The first kappa shape index (κ1) is 12.5. The molecule has 0 unspecified atom stereocenters. The van der Waals surface area contributed by atoms with Gasteiger partial charge in [-0.25, -0.2) is 4.98 Å². The van der Waals surface area contributed by atoms with E-state index in [2.05, 4.69) is 4.98 Å². The number of nitrogens with zero attached hydrogens (tertiary/aromatic N) is 1. The zero-order chi connectivity index (χ0) is 13.2. The predicted octanol–water partition coefficient (Wildman–Crippen LogP) is 4.55. The fourth-order valence-corrected chi connectivity index (χ4v) is 3.09. The monoisotopic (exact) mass is 289 g/mol. The van der Waals surface area contributed by atoms with Crippen LogP contribution in [-0.2, 0) is 6.42 Å². The van der Waals surface area contributed by atoms with E-state index in [9.17, 15) is 0 Å². The van der Waals surface area contributed by atoms with Gasteiger partial charge < -0.3 is 4.74 Å². The Bertz CT molecular complexity index is 706. The van der Waals surface area contributed by atoms with Crippen molar-refractivity contribution in [3.8, 4) is 5.75 Å². The fraction of sp³-hybridized carbons (Fsp3) is 0.133. The maximum absolute atomic E-state index is 5.89. The van der Waals surface area contributed by atoms with E-state index in [1.807, 2.05) is 42.5 Å². The largest absolute Gasteiger partial charge is 0.497 e. The van der Waals surface area contributed by atoms with Crippen LogP contribution in [0.5, 0.6) is 5.75 Å². The molecule has 0 bridgehead atoms. The van der Waals surface area contributed by atoms with Gasteiger partial charge in [-0.3, -0.25) is 0 Å². The summed E-state index contributed by atoms with van der Waals surface area (Å²) in [5.74, 6) is 0.870. The molecular formula is C15H12ClNOS. The molecule has 0 saturated carbocycles. The highest BCUT2D eigenvalue weighted by molar-refractivity contribution is 7.18. The number of ether oxygens (including phenoxy) is 1. The third kappa shape index (κ3) is 2.72. The van der Waals surface area contributed by atoms with Gasteiger partial charge in [0.15, 0.2) is 0 Å². The Balaban J connectivity index is 1.90. The quantitative estimate of drug-likeness (QED) is 0.706. The van der Waals surface area contributed by atoms with E-state index in [1.165, 1.54) is 5.56 Å². The first-order valence-corrected chi connectivity index (χ1v) is 7.12. The van der Waals surface area contributed by atoms with Crippen LogP contribution in [0.1, 0.15) is 10.6 Å². The summed E-state index contributed by atoms with van der Waals surface area (Å²) in [5, 5.41) is 1.86. The van der Waals surface area contributed by atoms with Crippen molar-refractivity contribution in [2.45, 2.75) is 6.42 Å². The number of aromatic nitrogens is 1. The lowest BCUT2D eigenvalue weighted by Gasteiger charge is -1.97. The molecule has 0 spiro atoms. The van der Waals surface area contributed by atoms with Crippen LogP contribution in [0.15, 0.2) is 42.5 Å². The smallest absolute Gasteiger partial charge is 0.120 e. The molecule has 1 heterocycles. The Labute approximate surface area is 120 Å². The minimum atomic E-state index is 0.762. The van der Waals surface area contributed by atoms with E-state index in [1.54, 1.807) is 18.4 Å². The van der Waals surface area contributed by atoms with Crippen LogP contribution in [-0.4, -0.2) is 12.1 Å². The van der Waals surface area contributed by atoms with Crippen molar-refractivity contribution in [2.24, 2.45) is 0 Å². The minimum Gasteiger partial charge on any atom is -0.497 e. The van der Waals surface area contributed by atoms with Crippen molar-refractivity contribution in [3.05, 3.63) is 58.1 Å². The summed E-state index contributed by atoms with van der Waals surface area (Å²) in [5.41, 5.74) is 2.24. The Kier molecular flexibility index (Phi) is 3.40. The Morgan fingerprint density at radius 3 is 2.68 bits per heavy atom. The third-order valence-electron chi connectivity index (χ3n) is 2.91. The van der Waals surface area contributed by atoms with Crippen LogP contribution in [0.2, 0.25) is 5.02 Å². The lowest BCUT2D eigenvalue weighted by molar-refractivity contribution is 0.415. The van der Waals surface area contributed by atoms with Crippen LogP contribution < -0.4 is 4.74 Å². The average Bonchev–Trinajstić information content (AvgIpc) is 2.82. The second-order valence-corrected chi connectivity index (χ2v) is 5.80. The SMILES string of the molecule is COc1ccc2nc(Cc3ccc(Cl)cc3)sc2c1. The van der Waals surface area contributed by atoms with Crippen molar-refractivity contribution in [1.82, 2.24) is 4.98 Å². The zero-order valence-electron chi connectivity index (χ0n) is 10.4. The Morgan fingerprint density at radius 1 is 1.16 bits per heavy atom. The molecule has 96 valence electrons. The van der Waals surface area contributed by atoms with Gasteiger partial charge >= 0.3 is 0 Å². The van der Waals surface area contributed by atoms with Crippen LogP contribution in [0.25, 0.3) is 10.2 Å². The van der Waals surface area contributed by atoms with Crippen LogP contribution in [0.3, 0.4) is 0 Å². The van der Waals surface area contributed by atoms with Gasteiger partial charge in [0.1, 0.15) is 5.75 Å². The predicted molar refractivity (Wildman–Crippen MR) is 80.4 cm³/mol. The molecule has 2 nitrogen and oxygen atoms in total. The van der Waals surface area contributed by atoms with Crippen molar-refractivity contribution in [1.29, 1.82) is 0 Å². The molecule has 1 aromatic heterocycles.